The van der Waals surface area contributed by atoms with Gasteiger partial charge in [-0.3, -0.25) is 0 Å². The molecule has 0 fully saturated rings. The van der Waals surface area contributed by atoms with Crippen molar-refractivity contribution < 1.29 is 0 Å². The van der Waals surface area contributed by atoms with Gasteiger partial charge < -0.3 is 9.13 Å². The van der Waals surface area contributed by atoms with E-state index in [2.05, 4.69) is 141 Å². The number of hydrogen-bond donors (Lipinski definition) is 0. The number of rotatable bonds is 4. The molecule has 0 aliphatic carbocycles. The van der Waals surface area contributed by atoms with Crippen LogP contribution in [-0.4, -0.2) is 9.13 Å². The van der Waals surface area contributed by atoms with E-state index in [9.17, 15) is 5.26 Å². The zero-order valence-corrected chi connectivity index (χ0v) is 25.8. The van der Waals surface area contributed by atoms with Crippen molar-refractivity contribution in [2.24, 2.45) is 0 Å². The normalized spacial score (nSPS) is 11.3. The Hall–Kier alpha value is -6.88. The minimum atomic E-state index is 0.552. The lowest BCUT2D eigenvalue weighted by molar-refractivity contribution is 1.18. The number of aromatic nitrogens is 2. The van der Waals surface area contributed by atoms with Crippen molar-refractivity contribution in [2.75, 3.05) is 0 Å². The van der Waals surface area contributed by atoms with Crippen molar-refractivity contribution in [3.8, 4) is 39.7 Å². The molecule has 0 spiro atoms. The average Bonchev–Trinajstić information content (AvgIpc) is 3.67. The molecule has 0 amide bonds. The molecule has 0 saturated carbocycles. The van der Waals surface area contributed by atoms with Crippen LogP contribution >= 0.6 is 0 Å². The minimum absolute atomic E-state index is 0.552. The summed E-state index contributed by atoms with van der Waals surface area (Å²) in [6.45, 7) is 8.18. The summed E-state index contributed by atoms with van der Waals surface area (Å²) in [7, 11) is 0. The van der Waals surface area contributed by atoms with Gasteiger partial charge in [0, 0.05) is 27.2 Å². The smallest absolute Gasteiger partial charge is 0.211 e. The molecule has 9 aromatic rings. The Morgan fingerprint density at radius 1 is 0.479 bits per heavy atom. The van der Waals surface area contributed by atoms with E-state index >= 15 is 0 Å². The summed E-state index contributed by atoms with van der Waals surface area (Å²) in [6.07, 6.45) is 0. The summed E-state index contributed by atoms with van der Waals surface area (Å²) in [4.78, 5) is 4.00. The van der Waals surface area contributed by atoms with Crippen molar-refractivity contribution in [1.82, 2.24) is 9.13 Å². The molecule has 0 aliphatic rings. The SMILES string of the molecule is [C-]#[N+]c1cccc(-c2cc(C#N)cc(-c3cccc(-n4c5ccccc5c5ccccc54)c3)c2)c1-n1c2ccccc2c2ccccc21. The highest BCUT2D eigenvalue weighted by Gasteiger charge is 2.20. The predicted octanol–water partition coefficient (Wildman–Crippen LogP) is 11.6. The predicted molar refractivity (Wildman–Crippen MR) is 197 cm³/mol. The molecule has 0 atom stereocenters. The van der Waals surface area contributed by atoms with Crippen LogP contribution in [0.2, 0.25) is 0 Å². The van der Waals surface area contributed by atoms with E-state index in [-0.39, 0.29) is 0 Å². The van der Waals surface area contributed by atoms with Crippen LogP contribution in [0.25, 0.3) is 82.1 Å². The lowest BCUT2D eigenvalue weighted by Gasteiger charge is -2.17. The van der Waals surface area contributed by atoms with Gasteiger partial charge in [0.15, 0.2) is 0 Å². The standard InChI is InChI=1S/C44H26N4/c1-46-39-19-11-18-34(44(39)48-42-22-8-4-16-37(42)38-17-5-9-23-43(38)48)32-25-29(28-45)24-31(26-32)30-12-10-13-33(27-30)47-40-20-6-2-14-35(40)36-15-3-7-21-41(36)47/h2-27H. The molecule has 0 aliphatic heterocycles. The van der Waals surface area contributed by atoms with Gasteiger partial charge in [0.05, 0.1) is 46.0 Å². The van der Waals surface area contributed by atoms with E-state index in [4.69, 9.17) is 6.57 Å². The van der Waals surface area contributed by atoms with Gasteiger partial charge in [-0.2, -0.15) is 5.26 Å². The molecule has 4 nitrogen and oxygen atoms in total. The van der Waals surface area contributed by atoms with Crippen LogP contribution in [0.3, 0.4) is 0 Å². The Balaban J connectivity index is 1.27. The monoisotopic (exact) mass is 610 g/mol. The molecular formula is C44H26N4. The molecule has 0 unspecified atom stereocenters. The molecule has 4 heteroatoms. The summed E-state index contributed by atoms with van der Waals surface area (Å²) in [5, 5.41) is 14.9. The third-order valence-corrected chi connectivity index (χ3v) is 9.33. The Morgan fingerprint density at radius 3 is 1.56 bits per heavy atom. The van der Waals surface area contributed by atoms with Crippen LogP contribution in [-0.2, 0) is 0 Å². The highest BCUT2D eigenvalue weighted by atomic mass is 15.0. The topological polar surface area (TPSA) is 38.0 Å². The summed E-state index contributed by atoms with van der Waals surface area (Å²) >= 11 is 0. The van der Waals surface area contributed by atoms with E-state index in [0.29, 0.717) is 11.3 Å². The molecule has 222 valence electrons. The van der Waals surface area contributed by atoms with Gasteiger partial charge in [-0.25, -0.2) is 4.85 Å². The van der Waals surface area contributed by atoms with Crippen molar-refractivity contribution in [1.29, 1.82) is 5.26 Å². The van der Waals surface area contributed by atoms with Crippen molar-refractivity contribution in [2.45, 2.75) is 0 Å². The van der Waals surface area contributed by atoms with Crippen LogP contribution in [0.1, 0.15) is 5.56 Å². The lowest BCUT2D eigenvalue weighted by atomic mass is 9.94. The zero-order valence-electron chi connectivity index (χ0n) is 25.8. The summed E-state index contributed by atoms with van der Waals surface area (Å²) in [5.41, 5.74) is 11.1. The largest absolute Gasteiger partial charge is 0.318 e. The first kappa shape index (κ1) is 27.4. The van der Waals surface area contributed by atoms with E-state index < -0.39 is 0 Å². The molecule has 0 N–H and O–H groups in total. The number of nitrogens with zero attached hydrogens (tertiary/aromatic N) is 4. The Bertz CT molecular complexity index is 2710. The van der Waals surface area contributed by atoms with Gasteiger partial charge in [-0.15, -0.1) is 0 Å². The molecular weight excluding hydrogens is 585 g/mol. The minimum Gasteiger partial charge on any atom is -0.318 e. The number of para-hydroxylation sites is 5. The lowest BCUT2D eigenvalue weighted by Crippen LogP contribution is -1.98. The number of fused-ring (bicyclic) bond motifs is 6. The van der Waals surface area contributed by atoms with Crippen LogP contribution in [0.5, 0.6) is 0 Å². The maximum Gasteiger partial charge on any atom is 0.211 e. The number of benzene rings is 7. The van der Waals surface area contributed by atoms with Gasteiger partial charge in [-0.1, -0.05) is 103 Å². The molecule has 0 radical (unpaired) electrons. The van der Waals surface area contributed by atoms with E-state index in [1.54, 1.807) is 0 Å². The van der Waals surface area contributed by atoms with Crippen molar-refractivity contribution >= 4 is 49.3 Å². The van der Waals surface area contributed by atoms with Crippen LogP contribution in [0.4, 0.5) is 5.69 Å². The van der Waals surface area contributed by atoms with Gasteiger partial charge in [-0.05, 0) is 76.9 Å². The highest BCUT2D eigenvalue weighted by Crippen LogP contribution is 2.42. The van der Waals surface area contributed by atoms with Crippen LogP contribution < -0.4 is 0 Å². The molecule has 0 bridgehead atoms. The molecule has 2 aromatic heterocycles. The van der Waals surface area contributed by atoms with Crippen LogP contribution in [0.15, 0.2) is 158 Å². The fraction of sp³-hybridized carbons (Fsp3) is 0. The molecule has 0 saturated heterocycles. The number of nitriles is 1. The van der Waals surface area contributed by atoms with Crippen LogP contribution in [0, 0.1) is 17.9 Å². The first-order valence-electron chi connectivity index (χ1n) is 15.9. The molecule has 2 heterocycles. The van der Waals surface area contributed by atoms with E-state index in [0.717, 1.165) is 66.5 Å². The molecule has 9 rings (SSSR count). The number of hydrogen-bond acceptors (Lipinski definition) is 1. The average molecular weight is 611 g/mol. The second-order valence-corrected chi connectivity index (χ2v) is 12.0. The van der Waals surface area contributed by atoms with E-state index in [1.807, 2.05) is 36.4 Å². The fourth-order valence-electron chi connectivity index (χ4n) is 7.29. The van der Waals surface area contributed by atoms with E-state index in [1.165, 1.54) is 10.8 Å². The van der Waals surface area contributed by atoms with Crippen molar-refractivity contribution in [3.05, 3.63) is 175 Å². The molecule has 7 aromatic carbocycles. The first-order valence-corrected chi connectivity index (χ1v) is 15.9. The Labute approximate surface area is 277 Å². The second kappa shape index (κ2) is 10.9. The van der Waals surface area contributed by atoms with Gasteiger partial charge >= 0.3 is 0 Å². The summed E-state index contributed by atoms with van der Waals surface area (Å²) in [6, 6.07) is 56.5. The summed E-state index contributed by atoms with van der Waals surface area (Å²) < 4.78 is 4.51. The third kappa shape index (κ3) is 4.14. The maximum atomic E-state index is 10.3. The first-order chi connectivity index (χ1) is 23.7. The summed E-state index contributed by atoms with van der Waals surface area (Å²) in [5.74, 6) is 0. The zero-order chi connectivity index (χ0) is 32.2. The van der Waals surface area contributed by atoms with Gasteiger partial charge in [0.1, 0.15) is 0 Å². The fourth-order valence-corrected chi connectivity index (χ4v) is 7.29. The second-order valence-electron chi connectivity index (χ2n) is 12.0. The van der Waals surface area contributed by atoms with Gasteiger partial charge in [0.2, 0.25) is 5.69 Å². The Kier molecular flexibility index (Phi) is 6.22. The Morgan fingerprint density at radius 2 is 1.00 bits per heavy atom. The maximum absolute atomic E-state index is 10.3. The van der Waals surface area contributed by atoms with Gasteiger partial charge in [0.25, 0.3) is 0 Å². The third-order valence-electron chi connectivity index (χ3n) is 9.33. The highest BCUT2D eigenvalue weighted by molar-refractivity contribution is 6.11. The quantitative estimate of drug-likeness (QED) is 0.183. The molecule has 48 heavy (non-hydrogen) atoms. The van der Waals surface area contributed by atoms with Crippen molar-refractivity contribution in [3.63, 3.8) is 0 Å².